The SMILES string of the molecule is CCNc1cccc(Sc2ccc(F)c(F)c2)n1. The van der Waals surface area contributed by atoms with Crippen molar-refractivity contribution < 1.29 is 8.78 Å². The standard InChI is InChI=1S/C13H12F2N2S/c1-2-16-12-4-3-5-13(17-12)18-9-6-7-10(14)11(15)8-9/h3-8H,2H2,1H3,(H,16,17). The molecular formula is C13H12F2N2S. The molecule has 94 valence electrons. The maximum absolute atomic E-state index is 13.1. The molecule has 0 aliphatic rings. The molecular weight excluding hydrogens is 254 g/mol. The molecule has 0 unspecified atom stereocenters. The van der Waals surface area contributed by atoms with Crippen LogP contribution in [0.4, 0.5) is 14.6 Å². The van der Waals surface area contributed by atoms with Crippen LogP contribution in [0.5, 0.6) is 0 Å². The molecule has 1 N–H and O–H groups in total. The van der Waals surface area contributed by atoms with Gasteiger partial charge in [-0.15, -0.1) is 0 Å². The Morgan fingerprint density at radius 3 is 2.72 bits per heavy atom. The molecule has 0 bridgehead atoms. The molecule has 0 atom stereocenters. The first-order valence-electron chi connectivity index (χ1n) is 5.53. The largest absolute Gasteiger partial charge is 0.370 e. The zero-order valence-electron chi connectivity index (χ0n) is 9.78. The van der Waals surface area contributed by atoms with Crippen LogP contribution in [0.25, 0.3) is 0 Å². The van der Waals surface area contributed by atoms with Gasteiger partial charge in [0.25, 0.3) is 0 Å². The Balaban J connectivity index is 2.17. The summed E-state index contributed by atoms with van der Waals surface area (Å²) in [5.74, 6) is -0.915. The third-order valence-electron chi connectivity index (χ3n) is 2.19. The number of hydrogen-bond donors (Lipinski definition) is 1. The highest BCUT2D eigenvalue weighted by molar-refractivity contribution is 7.99. The van der Waals surface area contributed by atoms with Gasteiger partial charge in [0.2, 0.25) is 0 Å². The van der Waals surface area contributed by atoms with Crippen LogP contribution in [0.2, 0.25) is 0 Å². The second-order valence-electron chi connectivity index (χ2n) is 3.57. The van der Waals surface area contributed by atoms with Gasteiger partial charge in [0, 0.05) is 11.4 Å². The van der Waals surface area contributed by atoms with Crippen LogP contribution in [0.1, 0.15) is 6.92 Å². The minimum absolute atomic E-state index is 0.620. The number of nitrogens with zero attached hydrogens (tertiary/aromatic N) is 1. The summed E-state index contributed by atoms with van der Waals surface area (Å²) >= 11 is 1.29. The molecule has 0 fully saturated rings. The van der Waals surface area contributed by atoms with Gasteiger partial charge in [-0.25, -0.2) is 13.8 Å². The highest BCUT2D eigenvalue weighted by Gasteiger charge is 2.05. The van der Waals surface area contributed by atoms with E-state index in [2.05, 4.69) is 10.3 Å². The lowest BCUT2D eigenvalue weighted by Gasteiger charge is -2.05. The molecule has 0 saturated heterocycles. The molecule has 0 aliphatic heterocycles. The number of hydrogen-bond acceptors (Lipinski definition) is 3. The van der Waals surface area contributed by atoms with E-state index in [1.54, 1.807) is 0 Å². The second-order valence-corrected chi connectivity index (χ2v) is 4.66. The zero-order valence-corrected chi connectivity index (χ0v) is 10.6. The Labute approximate surface area is 108 Å². The van der Waals surface area contributed by atoms with Crippen molar-refractivity contribution in [2.45, 2.75) is 16.8 Å². The van der Waals surface area contributed by atoms with Crippen molar-refractivity contribution in [1.82, 2.24) is 4.98 Å². The van der Waals surface area contributed by atoms with Crippen LogP contribution in [0.3, 0.4) is 0 Å². The fraction of sp³-hybridized carbons (Fsp3) is 0.154. The normalized spacial score (nSPS) is 10.4. The van der Waals surface area contributed by atoms with Gasteiger partial charge in [-0.05, 0) is 37.3 Å². The number of halogens is 2. The molecule has 18 heavy (non-hydrogen) atoms. The summed E-state index contributed by atoms with van der Waals surface area (Å²) in [6.45, 7) is 2.77. The lowest BCUT2D eigenvalue weighted by Crippen LogP contribution is -1.98. The lowest BCUT2D eigenvalue weighted by molar-refractivity contribution is 0.506. The molecule has 1 aromatic heterocycles. The van der Waals surface area contributed by atoms with Crippen LogP contribution >= 0.6 is 11.8 Å². The van der Waals surface area contributed by atoms with E-state index >= 15 is 0 Å². The Morgan fingerprint density at radius 1 is 1.17 bits per heavy atom. The lowest BCUT2D eigenvalue weighted by atomic mass is 10.3. The van der Waals surface area contributed by atoms with E-state index in [9.17, 15) is 8.78 Å². The molecule has 5 heteroatoms. The predicted molar refractivity (Wildman–Crippen MR) is 68.9 cm³/mol. The summed E-state index contributed by atoms with van der Waals surface area (Å²) in [5, 5.41) is 3.83. The van der Waals surface area contributed by atoms with Gasteiger partial charge < -0.3 is 5.32 Å². The molecule has 0 aliphatic carbocycles. The van der Waals surface area contributed by atoms with Gasteiger partial charge in [0.1, 0.15) is 10.8 Å². The average Bonchev–Trinajstić information content (AvgIpc) is 2.35. The van der Waals surface area contributed by atoms with Crippen molar-refractivity contribution in [3.05, 3.63) is 48.0 Å². The summed E-state index contributed by atoms with van der Waals surface area (Å²) in [5.41, 5.74) is 0. The minimum Gasteiger partial charge on any atom is -0.370 e. The summed E-state index contributed by atoms with van der Waals surface area (Å²) in [7, 11) is 0. The van der Waals surface area contributed by atoms with Crippen LogP contribution < -0.4 is 5.32 Å². The Hall–Kier alpha value is -1.62. The molecule has 2 rings (SSSR count). The summed E-state index contributed by atoms with van der Waals surface area (Å²) in [6, 6.07) is 9.37. The van der Waals surface area contributed by atoms with Crippen LogP contribution in [-0.4, -0.2) is 11.5 Å². The van der Waals surface area contributed by atoms with Gasteiger partial charge >= 0.3 is 0 Å². The van der Waals surface area contributed by atoms with Crippen LogP contribution in [0.15, 0.2) is 46.3 Å². The van der Waals surface area contributed by atoms with E-state index in [1.807, 2.05) is 25.1 Å². The maximum Gasteiger partial charge on any atom is 0.159 e. The first kappa shape index (κ1) is 12.8. The molecule has 0 radical (unpaired) electrons. The third-order valence-corrected chi connectivity index (χ3v) is 3.12. The topological polar surface area (TPSA) is 24.9 Å². The van der Waals surface area contributed by atoms with Gasteiger partial charge in [-0.2, -0.15) is 0 Å². The Bertz CT molecular complexity index is 546. The summed E-state index contributed by atoms with van der Waals surface area (Å²) in [6.07, 6.45) is 0. The molecule has 1 aromatic carbocycles. The van der Waals surface area contributed by atoms with Crippen molar-refractivity contribution in [1.29, 1.82) is 0 Å². The predicted octanol–water partition coefficient (Wildman–Crippen LogP) is 3.94. The Morgan fingerprint density at radius 2 is 2.00 bits per heavy atom. The van der Waals surface area contributed by atoms with Gasteiger partial charge in [0.05, 0.1) is 0 Å². The monoisotopic (exact) mass is 266 g/mol. The average molecular weight is 266 g/mol. The number of benzene rings is 1. The molecule has 2 aromatic rings. The first-order valence-corrected chi connectivity index (χ1v) is 6.34. The molecule has 2 nitrogen and oxygen atoms in total. The molecule has 0 amide bonds. The minimum atomic E-state index is -0.845. The smallest absolute Gasteiger partial charge is 0.159 e. The van der Waals surface area contributed by atoms with Gasteiger partial charge in [-0.3, -0.25) is 0 Å². The van der Waals surface area contributed by atoms with Gasteiger partial charge in [0.15, 0.2) is 11.6 Å². The van der Waals surface area contributed by atoms with Crippen molar-refractivity contribution >= 4 is 17.6 Å². The number of pyridine rings is 1. The van der Waals surface area contributed by atoms with E-state index in [-0.39, 0.29) is 0 Å². The fourth-order valence-electron chi connectivity index (χ4n) is 1.41. The van der Waals surface area contributed by atoms with E-state index in [0.717, 1.165) is 23.5 Å². The Kier molecular flexibility index (Phi) is 4.15. The molecule has 1 heterocycles. The third kappa shape index (κ3) is 3.20. The van der Waals surface area contributed by atoms with Crippen molar-refractivity contribution in [2.75, 3.05) is 11.9 Å². The number of anilines is 1. The molecule has 0 spiro atoms. The zero-order chi connectivity index (χ0) is 13.0. The highest BCUT2D eigenvalue weighted by Crippen LogP contribution is 2.27. The fourth-order valence-corrected chi connectivity index (χ4v) is 2.24. The number of nitrogens with one attached hydrogen (secondary N) is 1. The van der Waals surface area contributed by atoms with Crippen molar-refractivity contribution in [3.63, 3.8) is 0 Å². The molecule has 0 saturated carbocycles. The van der Waals surface area contributed by atoms with Gasteiger partial charge in [-0.1, -0.05) is 17.8 Å². The quantitative estimate of drug-likeness (QED) is 0.907. The summed E-state index contributed by atoms with van der Waals surface area (Å²) < 4.78 is 25.9. The summed E-state index contributed by atoms with van der Waals surface area (Å²) in [4.78, 5) is 4.97. The number of aromatic nitrogens is 1. The van der Waals surface area contributed by atoms with Crippen LogP contribution in [0, 0.1) is 11.6 Å². The van der Waals surface area contributed by atoms with Crippen LogP contribution in [-0.2, 0) is 0 Å². The highest BCUT2D eigenvalue weighted by atomic mass is 32.2. The van der Waals surface area contributed by atoms with E-state index in [0.29, 0.717) is 4.90 Å². The second kappa shape index (κ2) is 5.82. The van der Waals surface area contributed by atoms with E-state index in [4.69, 9.17) is 0 Å². The van der Waals surface area contributed by atoms with E-state index < -0.39 is 11.6 Å². The van der Waals surface area contributed by atoms with E-state index in [1.165, 1.54) is 23.9 Å². The number of rotatable bonds is 4. The van der Waals surface area contributed by atoms with Crippen molar-refractivity contribution in [2.24, 2.45) is 0 Å². The first-order chi connectivity index (χ1) is 8.69. The van der Waals surface area contributed by atoms with Crippen molar-refractivity contribution in [3.8, 4) is 0 Å². The maximum atomic E-state index is 13.1.